The fourth-order valence-electron chi connectivity index (χ4n) is 1.69. The summed E-state index contributed by atoms with van der Waals surface area (Å²) in [6.45, 7) is 1.86. The molecule has 82 valence electrons. The van der Waals surface area contributed by atoms with E-state index in [9.17, 15) is 4.39 Å². The normalized spacial score (nSPS) is 16.8. The van der Waals surface area contributed by atoms with Crippen LogP contribution in [0.2, 0.25) is 0 Å². The van der Waals surface area contributed by atoms with Gasteiger partial charge in [0.05, 0.1) is 5.69 Å². The molecule has 0 N–H and O–H groups in total. The zero-order valence-electron chi connectivity index (χ0n) is 8.38. The predicted octanol–water partition coefficient (Wildman–Crippen LogP) is 3.12. The molecule has 0 spiro atoms. The molecule has 0 unspecified atom stereocenters. The molecular weight excluding hydrogens is 233 g/mol. The van der Waals surface area contributed by atoms with Crippen molar-refractivity contribution in [3.05, 3.63) is 29.6 Å². The first-order valence-corrected chi connectivity index (χ1v) is 6.67. The molecule has 4 heteroatoms. The van der Waals surface area contributed by atoms with E-state index in [0.29, 0.717) is 11.6 Å². The van der Waals surface area contributed by atoms with E-state index in [1.165, 1.54) is 6.07 Å². The quantitative estimate of drug-likeness (QED) is 0.737. The van der Waals surface area contributed by atoms with E-state index in [1.807, 2.05) is 23.9 Å². The third-order valence-electron chi connectivity index (χ3n) is 2.52. The molecule has 1 aliphatic heterocycles. The number of rotatable bonds is 2. The number of nitrogens with zero attached hydrogens (tertiary/aromatic N) is 1. The van der Waals surface area contributed by atoms with Crippen LogP contribution in [0.25, 0.3) is 0 Å². The Morgan fingerprint density at radius 3 is 2.67 bits per heavy atom. The number of halogens is 2. The standard InChI is InChI=1S/C11H13ClFNS/c12-8-9-1-2-11(10(13)7-9)14-3-5-15-6-4-14/h1-2,7H,3-6,8H2. The van der Waals surface area contributed by atoms with Gasteiger partial charge in [-0.05, 0) is 17.7 Å². The van der Waals surface area contributed by atoms with Gasteiger partial charge >= 0.3 is 0 Å². The lowest BCUT2D eigenvalue weighted by molar-refractivity contribution is 0.618. The summed E-state index contributed by atoms with van der Waals surface area (Å²) in [6.07, 6.45) is 0. The third kappa shape index (κ3) is 2.58. The van der Waals surface area contributed by atoms with E-state index in [1.54, 1.807) is 0 Å². The fourth-order valence-corrected chi connectivity index (χ4v) is 2.76. The van der Waals surface area contributed by atoms with Crippen LogP contribution in [0, 0.1) is 5.82 Å². The van der Waals surface area contributed by atoms with Crippen molar-refractivity contribution in [1.82, 2.24) is 0 Å². The number of benzene rings is 1. The zero-order valence-corrected chi connectivity index (χ0v) is 9.95. The summed E-state index contributed by atoms with van der Waals surface area (Å²) in [6, 6.07) is 5.26. The molecular formula is C11H13ClFNS. The number of thioether (sulfide) groups is 1. The highest BCUT2D eigenvalue weighted by Gasteiger charge is 2.14. The highest BCUT2D eigenvalue weighted by atomic mass is 35.5. The molecule has 1 nitrogen and oxygen atoms in total. The van der Waals surface area contributed by atoms with Crippen LogP contribution in [0.15, 0.2) is 18.2 Å². The van der Waals surface area contributed by atoms with E-state index in [4.69, 9.17) is 11.6 Å². The van der Waals surface area contributed by atoms with Crippen LogP contribution in [0.1, 0.15) is 5.56 Å². The van der Waals surface area contributed by atoms with Gasteiger partial charge in [-0.15, -0.1) is 11.6 Å². The molecule has 0 bridgehead atoms. The monoisotopic (exact) mass is 245 g/mol. The van der Waals surface area contributed by atoms with Crippen molar-refractivity contribution in [2.24, 2.45) is 0 Å². The summed E-state index contributed by atoms with van der Waals surface area (Å²) in [5.41, 5.74) is 1.55. The first-order chi connectivity index (χ1) is 7.31. The summed E-state index contributed by atoms with van der Waals surface area (Å²) in [5.74, 6) is 2.38. The zero-order chi connectivity index (χ0) is 10.7. The summed E-state index contributed by atoms with van der Waals surface area (Å²) in [5, 5.41) is 0. The maximum Gasteiger partial charge on any atom is 0.146 e. The van der Waals surface area contributed by atoms with Gasteiger partial charge in [0.2, 0.25) is 0 Å². The van der Waals surface area contributed by atoms with Gasteiger partial charge in [0, 0.05) is 30.5 Å². The van der Waals surface area contributed by atoms with Gasteiger partial charge in [0.1, 0.15) is 5.82 Å². The Morgan fingerprint density at radius 2 is 2.07 bits per heavy atom. The molecule has 0 radical (unpaired) electrons. The fraction of sp³-hybridized carbons (Fsp3) is 0.455. The Bertz CT molecular complexity index is 339. The van der Waals surface area contributed by atoms with Crippen LogP contribution in [0.3, 0.4) is 0 Å². The first kappa shape index (κ1) is 11.1. The van der Waals surface area contributed by atoms with Crippen molar-refractivity contribution in [3.8, 4) is 0 Å². The summed E-state index contributed by atoms with van der Waals surface area (Å²) in [7, 11) is 0. The molecule has 0 aromatic heterocycles. The molecule has 15 heavy (non-hydrogen) atoms. The molecule has 1 aliphatic rings. The largest absolute Gasteiger partial charge is 0.368 e. The molecule has 0 saturated carbocycles. The van der Waals surface area contributed by atoms with E-state index >= 15 is 0 Å². The topological polar surface area (TPSA) is 3.24 Å². The number of hydrogen-bond acceptors (Lipinski definition) is 2. The molecule has 1 heterocycles. The van der Waals surface area contributed by atoms with E-state index in [2.05, 4.69) is 4.90 Å². The van der Waals surface area contributed by atoms with Crippen LogP contribution in [-0.2, 0) is 5.88 Å². The molecule has 1 fully saturated rings. The minimum absolute atomic E-state index is 0.153. The van der Waals surface area contributed by atoms with Crippen molar-refractivity contribution in [3.63, 3.8) is 0 Å². The number of alkyl halides is 1. The Hall–Kier alpha value is -0.410. The van der Waals surface area contributed by atoms with Gasteiger partial charge in [0.15, 0.2) is 0 Å². The van der Waals surface area contributed by atoms with Gasteiger partial charge in [-0.3, -0.25) is 0 Å². The van der Waals surface area contributed by atoms with Gasteiger partial charge in [-0.2, -0.15) is 11.8 Å². The lowest BCUT2D eigenvalue weighted by Gasteiger charge is -2.28. The van der Waals surface area contributed by atoms with Crippen molar-refractivity contribution in [2.75, 3.05) is 29.5 Å². The minimum Gasteiger partial charge on any atom is -0.368 e. The highest BCUT2D eigenvalue weighted by molar-refractivity contribution is 7.99. The molecule has 0 amide bonds. The smallest absolute Gasteiger partial charge is 0.146 e. The summed E-state index contributed by atoms with van der Waals surface area (Å²) < 4.78 is 13.7. The lowest BCUT2D eigenvalue weighted by atomic mass is 10.2. The summed E-state index contributed by atoms with van der Waals surface area (Å²) in [4.78, 5) is 2.10. The number of anilines is 1. The van der Waals surface area contributed by atoms with Crippen LogP contribution in [0.5, 0.6) is 0 Å². The lowest BCUT2D eigenvalue weighted by Crippen LogP contribution is -2.33. The maximum atomic E-state index is 13.7. The van der Waals surface area contributed by atoms with E-state index < -0.39 is 0 Å². The van der Waals surface area contributed by atoms with Gasteiger partial charge in [-0.1, -0.05) is 6.07 Å². The van der Waals surface area contributed by atoms with Crippen LogP contribution in [0.4, 0.5) is 10.1 Å². The van der Waals surface area contributed by atoms with Gasteiger partial charge in [-0.25, -0.2) is 4.39 Å². The van der Waals surface area contributed by atoms with Crippen molar-refractivity contribution < 1.29 is 4.39 Å². The van der Waals surface area contributed by atoms with Gasteiger partial charge < -0.3 is 4.90 Å². The second-order valence-corrected chi connectivity index (χ2v) is 5.01. The first-order valence-electron chi connectivity index (χ1n) is 4.98. The second-order valence-electron chi connectivity index (χ2n) is 3.52. The van der Waals surface area contributed by atoms with Crippen molar-refractivity contribution in [1.29, 1.82) is 0 Å². The SMILES string of the molecule is Fc1cc(CCl)ccc1N1CCSCC1. The predicted molar refractivity (Wildman–Crippen MR) is 65.5 cm³/mol. The molecule has 0 aliphatic carbocycles. The van der Waals surface area contributed by atoms with E-state index in [-0.39, 0.29) is 5.82 Å². The Labute approximate surface area is 98.6 Å². The average molecular weight is 246 g/mol. The van der Waals surface area contributed by atoms with Crippen molar-refractivity contribution in [2.45, 2.75) is 5.88 Å². The average Bonchev–Trinajstić information content (AvgIpc) is 2.30. The molecule has 0 atom stereocenters. The molecule has 1 saturated heterocycles. The Balaban J connectivity index is 2.19. The molecule has 1 aromatic carbocycles. The summed E-state index contributed by atoms with van der Waals surface area (Å²) >= 11 is 7.58. The van der Waals surface area contributed by atoms with Crippen molar-refractivity contribution >= 4 is 29.1 Å². The Kier molecular flexibility index (Phi) is 3.76. The highest BCUT2D eigenvalue weighted by Crippen LogP contribution is 2.24. The van der Waals surface area contributed by atoms with Crippen LogP contribution < -0.4 is 4.90 Å². The van der Waals surface area contributed by atoms with E-state index in [0.717, 1.165) is 30.2 Å². The minimum atomic E-state index is -0.153. The molecule has 2 rings (SSSR count). The maximum absolute atomic E-state index is 13.7. The van der Waals surface area contributed by atoms with Gasteiger partial charge in [0.25, 0.3) is 0 Å². The van der Waals surface area contributed by atoms with Crippen LogP contribution >= 0.6 is 23.4 Å². The third-order valence-corrected chi connectivity index (χ3v) is 3.77. The Morgan fingerprint density at radius 1 is 1.33 bits per heavy atom. The second kappa shape index (κ2) is 5.08. The van der Waals surface area contributed by atoms with Crippen LogP contribution in [-0.4, -0.2) is 24.6 Å². The molecule has 1 aromatic rings. The number of hydrogen-bond donors (Lipinski definition) is 0.